The van der Waals surface area contributed by atoms with Crippen molar-refractivity contribution in [1.29, 1.82) is 0 Å². The number of aliphatic imine (C=N–C) groups is 1. The third kappa shape index (κ3) is 4.55. The molecule has 1 aromatic heterocycles. The van der Waals surface area contributed by atoms with E-state index >= 15 is 0 Å². The van der Waals surface area contributed by atoms with Gasteiger partial charge < -0.3 is 14.3 Å². The Morgan fingerprint density at radius 3 is 2.59 bits per heavy atom. The van der Waals surface area contributed by atoms with Gasteiger partial charge in [0.2, 0.25) is 0 Å². The van der Waals surface area contributed by atoms with Crippen molar-refractivity contribution >= 4 is 46.3 Å². The number of thioether (sulfide) groups is 1. The second kappa shape index (κ2) is 9.24. The van der Waals surface area contributed by atoms with E-state index in [2.05, 4.69) is 4.99 Å². The molecule has 10 nitrogen and oxygen atoms in total. The van der Waals surface area contributed by atoms with E-state index in [1.165, 1.54) is 36.3 Å². The van der Waals surface area contributed by atoms with Gasteiger partial charge in [-0.2, -0.15) is 0 Å². The number of rotatable bonds is 6. The van der Waals surface area contributed by atoms with Crippen LogP contribution >= 0.6 is 11.8 Å². The molecule has 0 atom stereocenters. The van der Waals surface area contributed by atoms with Crippen LogP contribution in [0.1, 0.15) is 16.1 Å². The second-order valence-corrected chi connectivity index (χ2v) is 8.07. The molecule has 1 aliphatic rings. The van der Waals surface area contributed by atoms with Crippen molar-refractivity contribution in [2.75, 3.05) is 14.2 Å². The van der Waals surface area contributed by atoms with Crippen molar-refractivity contribution in [2.45, 2.75) is 0 Å². The summed E-state index contributed by atoms with van der Waals surface area (Å²) in [5.41, 5.74) is 0.756. The molecular weight excluding hydrogens is 462 g/mol. The summed E-state index contributed by atoms with van der Waals surface area (Å²) in [7, 11) is 3.00. The van der Waals surface area contributed by atoms with Crippen molar-refractivity contribution in [2.24, 2.45) is 4.99 Å². The van der Waals surface area contributed by atoms with E-state index in [4.69, 9.17) is 14.3 Å². The van der Waals surface area contributed by atoms with E-state index in [1.54, 1.807) is 43.5 Å². The zero-order valence-electron chi connectivity index (χ0n) is 17.9. The second-order valence-electron chi connectivity index (χ2n) is 7.06. The Bertz CT molecular complexity index is 1360. The van der Waals surface area contributed by atoms with Gasteiger partial charge in [0.1, 0.15) is 17.3 Å². The van der Waals surface area contributed by atoms with E-state index in [0.29, 0.717) is 27.3 Å². The van der Waals surface area contributed by atoms with E-state index in [9.17, 15) is 19.7 Å². The first-order valence-corrected chi connectivity index (χ1v) is 10.6. The molecule has 0 spiro atoms. The Hall–Kier alpha value is -4.38. The highest BCUT2D eigenvalue weighted by Crippen LogP contribution is 2.37. The Morgan fingerprint density at radius 2 is 1.94 bits per heavy atom. The molecule has 0 bridgehead atoms. The number of carbonyl (C=O) groups is 2. The molecule has 1 fully saturated rings. The van der Waals surface area contributed by atoms with Crippen LogP contribution in [0.4, 0.5) is 11.4 Å². The number of ether oxygens (including phenoxy) is 1. The molecule has 4 rings (SSSR count). The SMILES string of the molecule is COc1ccc(-c2ccc(/C=C3/SC(=Nc4ccc(C(=O)O)cc4)N(C)C3=O)o2)c([N+](=O)[O-])c1. The molecule has 0 radical (unpaired) electrons. The highest BCUT2D eigenvalue weighted by molar-refractivity contribution is 8.18. The predicted molar refractivity (Wildman–Crippen MR) is 126 cm³/mol. The lowest BCUT2D eigenvalue weighted by Crippen LogP contribution is -2.23. The van der Waals surface area contributed by atoms with Crippen LogP contribution in [0.2, 0.25) is 0 Å². The van der Waals surface area contributed by atoms with Gasteiger partial charge in [0.05, 0.1) is 39.8 Å². The number of likely N-dealkylation sites (N-methyl/N-ethyl adjacent to an activating group) is 1. The molecule has 0 saturated carbocycles. The molecule has 34 heavy (non-hydrogen) atoms. The summed E-state index contributed by atoms with van der Waals surface area (Å²) < 4.78 is 10.8. The summed E-state index contributed by atoms with van der Waals surface area (Å²) in [4.78, 5) is 40.8. The minimum Gasteiger partial charge on any atom is -0.497 e. The number of benzene rings is 2. The van der Waals surface area contributed by atoms with Crippen LogP contribution in [0.15, 0.2) is 68.9 Å². The third-order valence-corrected chi connectivity index (χ3v) is 5.97. The predicted octanol–water partition coefficient (Wildman–Crippen LogP) is 4.80. The van der Waals surface area contributed by atoms with Gasteiger partial charge in [0, 0.05) is 13.1 Å². The number of nitro benzene ring substituents is 1. The van der Waals surface area contributed by atoms with Gasteiger partial charge in [0.15, 0.2) is 5.17 Å². The van der Waals surface area contributed by atoms with Crippen molar-refractivity contribution in [3.63, 3.8) is 0 Å². The smallest absolute Gasteiger partial charge is 0.335 e. The van der Waals surface area contributed by atoms with Crippen LogP contribution in [-0.2, 0) is 4.79 Å². The summed E-state index contributed by atoms with van der Waals surface area (Å²) in [5, 5.41) is 20.9. The van der Waals surface area contributed by atoms with Crippen LogP contribution in [0.3, 0.4) is 0 Å². The van der Waals surface area contributed by atoms with Crippen molar-refractivity contribution in [3.8, 4) is 17.1 Å². The minimum atomic E-state index is -1.04. The number of methoxy groups -OCH3 is 1. The van der Waals surface area contributed by atoms with Crippen molar-refractivity contribution in [3.05, 3.63) is 80.9 Å². The first kappa shape index (κ1) is 22.8. The quantitative estimate of drug-likeness (QED) is 0.303. The monoisotopic (exact) mass is 479 g/mol. The van der Waals surface area contributed by atoms with Crippen LogP contribution in [0.5, 0.6) is 5.75 Å². The zero-order valence-corrected chi connectivity index (χ0v) is 18.7. The number of amides is 1. The van der Waals surface area contributed by atoms with Crippen LogP contribution < -0.4 is 4.74 Å². The summed E-state index contributed by atoms with van der Waals surface area (Å²) in [5.74, 6) is -0.359. The summed E-state index contributed by atoms with van der Waals surface area (Å²) in [6.45, 7) is 0. The Kier molecular flexibility index (Phi) is 6.19. The van der Waals surface area contributed by atoms with E-state index in [-0.39, 0.29) is 28.5 Å². The Labute approximate surface area is 197 Å². The molecule has 0 unspecified atom stereocenters. The molecule has 172 valence electrons. The van der Waals surface area contributed by atoms with Gasteiger partial charge in [-0.3, -0.25) is 19.8 Å². The molecule has 2 aromatic carbocycles. The Morgan fingerprint density at radius 1 is 1.21 bits per heavy atom. The molecule has 11 heteroatoms. The summed E-state index contributed by atoms with van der Waals surface area (Å²) in [6.07, 6.45) is 1.54. The fourth-order valence-electron chi connectivity index (χ4n) is 3.14. The van der Waals surface area contributed by atoms with Gasteiger partial charge in [-0.1, -0.05) is 0 Å². The number of amidine groups is 1. The van der Waals surface area contributed by atoms with Gasteiger partial charge in [-0.25, -0.2) is 9.79 Å². The number of carboxylic acid groups (broad SMARTS) is 1. The number of nitrogens with zero attached hydrogens (tertiary/aromatic N) is 3. The highest BCUT2D eigenvalue weighted by Gasteiger charge is 2.31. The molecular formula is C23H17N3O7S. The fraction of sp³-hybridized carbons (Fsp3) is 0.0870. The topological polar surface area (TPSA) is 135 Å². The van der Waals surface area contributed by atoms with Gasteiger partial charge >= 0.3 is 5.97 Å². The number of furan rings is 1. The number of aromatic carboxylic acids is 1. The molecule has 2 heterocycles. The number of carboxylic acids is 1. The summed E-state index contributed by atoms with van der Waals surface area (Å²) >= 11 is 1.13. The lowest BCUT2D eigenvalue weighted by molar-refractivity contribution is -0.384. The number of hydrogen-bond donors (Lipinski definition) is 1. The largest absolute Gasteiger partial charge is 0.497 e. The van der Waals surface area contributed by atoms with Crippen LogP contribution in [0, 0.1) is 10.1 Å². The van der Waals surface area contributed by atoms with Crippen LogP contribution in [-0.4, -0.2) is 46.1 Å². The third-order valence-electron chi connectivity index (χ3n) is 4.91. The van der Waals surface area contributed by atoms with E-state index in [0.717, 1.165) is 11.8 Å². The minimum absolute atomic E-state index is 0.138. The summed E-state index contributed by atoms with van der Waals surface area (Å²) in [6, 6.07) is 13.6. The Balaban J connectivity index is 1.59. The maximum atomic E-state index is 12.7. The first-order chi connectivity index (χ1) is 16.3. The number of hydrogen-bond acceptors (Lipinski definition) is 8. The standard InChI is InChI=1S/C23H17N3O7S/c1-25-21(27)20(34-23(25)24-14-5-3-13(4-6-14)22(28)29)12-16-8-10-19(33-16)17-9-7-15(32-2)11-18(17)26(30)31/h3-12H,1-2H3,(H,28,29)/b20-12+,24-23?. The normalized spacial score (nSPS) is 15.8. The first-order valence-electron chi connectivity index (χ1n) is 9.79. The number of nitro groups is 1. The number of carbonyl (C=O) groups excluding carboxylic acids is 1. The molecule has 1 amide bonds. The maximum absolute atomic E-state index is 12.7. The zero-order chi connectivity index (χ0) is 24.4. The molecule has 0 aliphatic carbocycles. The molecule has 3 aromatic rings. The average molecular weight is 479 g/mol. The van der Waals surface area contributed by atoms with Gasteiger partial charge in [-0.05, 0) is 60.3 Å². The van der Waals surface area contributed by atoms with Crippen molar-refractivity contribution in [1.82, 2.24) is 4.90 Å². The van der Waals surface area contributed by atoms with Crippen LogP contribution in [0.25, 0.3) is 17.4 Å². The fourth-order valence-corrected chi connectivity index (χ4v) is 4.11. The molecule has 1 aliphatic heterocycles. The van der Waals surface area contributed by atoms with Crippen molar-refractivity contribution < 1.29 is 28.8 Å². The lowest BCUT2D eigenvalue weighted by atomic mass is 10.1. The van der Waals surface area contributed by atoms with Gasteiger partial charge in [0.25, 0.3) is 11.6 Å². The lowest BCUT2D eigenvalue weighted by Gasteiger charge is -2.07. The maximum Gasteiger partial charge on any atom is 0.335 e. The molecule has 1 saturated heterocycles. The highest BCUT2D eigenvalue weighted by atomic mass is 32.2. The molecule has 1 N–H and O–H groups in total. The average Bonchev–Trinajstić information content (AvgIpc) is 3.39. The van der Waals surface area contributed by atoms with E-state index < -0.39 is 10.9 Å². The van der Waals surface area contributed by atoms with Gasteiger partial charge in [-0.15, -0.1) is 0 Å². The van der Waals surface area contributed by atoms with E-state index in [1.807, 2.05) is 0 Å².